The molecule has 0 aliphatic heterocycles. The number of carboxylic acids is 1. The van der Waals surface area contributed by atoms with Crippen LogP contribution in [0.3, 0.4) is 0 Å². The van der Waals surface area contributed by atoms with Crippen molar-refractivity contribution < 1.29 is 14.7 Å². The SMILES string of the molecule is Cc1cc(/C=N\NC(=O)c2cccc3ccccc23)c(C)n1-c1ccc(Cl)c(C(=O)O)c1. The van der Waals surface area contributed by atoms with Crippen molar-refractivity contribution >= 4 is 40.5 Å². The number of carbonyl (C=O) groups is 2. The van der Waals surface area contributed by atoms with Gasteiger partial charge in [-0.25, -0.2) is 10.2 Å². The van der Waals surface area contributed by atoms with Gasteiger partial charge in [0.1, 0.15) is 0 Å². The fraction of sp³-hybridized carbons (Fsp3) is 0.0800. The number of rotatable bonds is 5. The molecule has 6 nitrogen and oxygen atoms in total. The van der Waals surface area contributed by atoms with E-state index in [2.05, 4.69) is 10.5 Å². The summed E-state index contributed by atoms with van der Waals surface area (Å²) in [5, 5.41) is 15.5. The third kappa shape index (κ3) is 4.00. The van der Waals surface area contributed by atoms with Crippen molar-refractivity contribution in [3.63, 3.8) is 0 Å². The predicted molar refractivity (Wildman–Crippen MR) is 126 cm³/mol. The third-order valence-electron chi connectivity index (χ3n) is 5.31. The molecule has 2 N–H and O–H groups in total. The van der Waals surface area contributed by atoms with Crippen LogP contribution in [0.5, 0.6) is 0 Å². The second kappa shape index (κ2) is 8.69. The number of amides is 1. The van der Waals surface area contributed by atoms with Crippen LogP contribution in [0.4, 0.5) is 0 Å². The fourth-order valence-electron chi connectivity index (χ4n) is 3.78. The monoisotopic (exact) mass is 445 g/mol. The molecule has 0 atom stereocenters. The van der Waals surface area contributed by atoms with E-state index in [0.29, 0.717) is 11.3 Å². The van der Waals surface area contributed by atoms with Gasteiger partial charge in [-0.05, 0) is 55.0 Å². The van der Waals surface area contributed by atoms with Gasteiger partial charge in [0.05, 0.1) is 16.8 Å². The summed E-state index contributed by atoms with van der Waals surface area (Å²) in [6, 6.07) is 20.0. The van der Waals surface area contributed by atoms with Crippen LogP contribution < -0.4 is 5.43 Å². The molecule has 0 saturated heterocycles. The van der Waals surface area contributed by atoms with Gasteiger partial charge in [0.2, 0.25) is 0 Å². The van der Waals surface area contributed by atoms with Gasteiger partial charge in [-0.3, -0.25) is 4.79 Å². The number of aromatic nitrogens is 1. The fourth-order valence-corrected chi connectivity index (χ4v) is 3.97. The Morgan fingerprint density at radius 2 is 1.75 bits per heavy atom. The van der Waals surface area contributed by atoms with Crippen LogP contribution in [0.1, 0.15) is 37.7 Å². The van der Waals surface area contributed by atoms with Crippen LogP contribution in [0.2, 0.25) is 5.02 Å². The molecule has 0 radical (unpaired) electrons. The summed E-state index contributed by atoms with van der Waals surface area (Å²) in [5.41, 5.74) is 6.40. The van der Waals surface area contributed by atoms with E-state index in [1.54, 1.807) is 24.4 Å². The van der Waals surface area contributed by atoms with Crippen molar-refractivity contribution in [3.8, 4) is 5.69 Å². The number of benzene rings is 3. The first-order chi connectivity index (χ1) is 15.4. The standard InChI is InChI=1S/C25H20ClN3O3/c1-15-12-18(16(2)29(15)19-10-11-23(26)22(13-19)25(31)32)14-27-28-24(30)21-9-5-7-17-6-3-4-8-20(17)21/h3-14H,1-2H3,(H,28,30)(H,31,32)/b27-14-. The van der Waals surface area contributed by atoms with Gasteiger partial charge in [0.15, 0.2) is 0 Å². The lowest BCUT2D eigenvalue weighted by atomic mass is 10.0. The number of carboxylic acid groups (broad SMARTS) is 1. The number of nitrogens with zero attached hydrogens (tertiary/aromatic N) is 2. The van der Waals surface area contributed by atoms with Crippen molar-refractivity contribution in [1.82, 2.24) is 9.99 Å². The van der Waals surface area contributed by atoms with Gasteiger partial charge in [0, 0.05) is 28.2 Å². The Balaban J connectivity index is 1.59. The lowest BCUT2D eigenvalue weighted by Crippen LogP contribution is -2.18. The average Bonchev–Trinajstić information content (AvgIpc) is 3.06. The molecule has 0 unspecified atom stereocenters. The maximum Gasteiger partial charge on any atom is 0.337 e. The molecule has 1 aromatic heterocycles. The number of fused-ring (bicyclic) bond motifs is 1. The number of hydrogen-bond acceptors (Lipinski definition) is 3. The van der Waals surface area contributed by atoms with Crippen molar-refractivity contribution in [1.29, 1.82) is 0 Å². The summed E-state index contributed by atoms with van der Waals surface area (Å²) < 4.78 is 1.91. The van der Waals surface area contributed by atoms with Gasteiger partial charge in [-0.1, -0.05) is 48.0 Å². The van der Waals surface area contributed by atoms with E-state index in [4.69, 9.17) is 11.6 Å². The summed E-state index contributed by atoms with van der Waals surface area (Å²) in [5.74, 6) is -1.38. The van der Waals surface area contributed by atoms with E-state index in [-0.39, 0.29) is 16.5 Å². The highest BCUT2D eigenvalue weighted by Gasteiger charge is 2.14. The molecule has 32 heavy (non-hydrogen) atoms. The van der Waals surface area contributed by atoms with Crippen molar-refractivity contribution in [2.75, 3.05) is 0 Å². The van der Waals surface area contributed by atoms with E-state index in [9.17, 15) is 14.7 Å². The highest BCUT2D eigenvalue weighted by molar-refractivity contribution is 6.33. The largest absolute Gasteiger partial charge is 0.478 e. The van der Waals surface area contributed by atoms with Gasteiger partial charge >= 0.3 is 5.97 Å². The maximum atomic E-state index is 12.7. The zero-order chi connectivity index (χ0) is 22.8. The molecular formula is C25H20ClN3O3. The first kappa shape index (κ1) is 21.3. The second-order valence-electron chi connectivity index (χ2n) is 7.36. The van der Waals surface area contributed by atoms with E-state index < -0.39 is 5.97 Å². The van der Waals surface area contributed by atoms with Gasteiger partial charge < -0.3 is 9.67 Å². The van der Waals surface area contributed by atoms with E-state index >= 15 is 0 Å². The number of nitrogens with one attached hydrogen (secondary N) is 1. The lowest BCUT2D eigenvalue weighted by molar-refractivity contribution is 0.0696. The van der Waals surface area contributed by atoms with Crippen LogP contribution in [0, 0.1) is 13.8 Å². The van der Waals surface area contributed by atoms with E-state index in [0.717, 1.165) is 27.7 Å². The minimum atomic E-state index is -1.09. The average molecular weight is 446 g/mol. The zero-order valence-electron chi connectivity index (χ0n) is 17.5. The van der Waals surface area contributed by atoms with Crippen LogP contribution in [0.25, 0.3) is 16.5 Å². The Kier molecular flexibility index (Phi) is 5.79. The summed E-state index contributed by atoms with van der Waals surface area (Å²) in [6.07, 6.45) is 1.58. The number of halogens is 1. The molecule has 160 valence electrons. The molecule has 1 amide bonds. The molecule has 1 heterocycles. The molecule has 0 aliphatic carbocycles. The maximum absolute atomic E-state index is 12.7. The van der Waals surface area contributed by atoms with Gasteiger partial charge in [-0.2, -0.15) is 5.10 Å². The Morgan fingerprint density at radius 3 is 2.53 bits per heavy atom. The topological polar surface area (TPSA) is 83.7 Å². The Bertz CT molecular complexity index is 1380. The quantitative estimate of drug-likeness (QED) is 0.320. The summed E-state index contributed by atoms with van der Waals surface area (Å²) in [6.45, 7) is 3.81. The van der Waals surface area contributed by atoms with E-state index in [1.807, 2.05) is 60.9 Å². The van der Waals surface area contributed by atoms with Crippen LogP contribution in [-0.4, -0.2) is 27.8 Å². The summed E-state index contributed by atoms with van der Waals surface area (Å²) in [7, 11) is 0. The molecule has 0 aliphatic rings. The minimum absolute atomic E-state index is 0.0363. The van der Waals surface area contributed by atoms with Crippen molar-refractivity contribution in [2.45, 2.75) is 13.8 Å². The Morgan fingerprint density at radius 1 is 1.00 bits per heavy atom. The second-order valence-corrected chi connectivity index (χ2v) is 7.76. The molecule has 0 fully saturated rings. The van der Waals surface area contributed by atoms with Crippen LogP contribution in [-0.2, 0) is 0 Å². The first-order valence-electron chi connectivity index (χ1n) is 9.90. The molecule has 7 heteroatoms. The van der Waals surface area contributed by atoms with Crippen molar-refractivity contribution in [2.24, 2.45) is 5.10 Å². The lowest BCUT2D eigenvalue weighted by Gasteiger charge is -2.11. The molecule has 3 aromatic carbocycles. The van der Waals surface area contributed by atoms with E-state index in [1.165, 1.54) is 6.07 Å². The Hall–Kier alpha value is -3.90. The molecular weight excluding hydrogens is 426 g/mol. The number of hydrogen-bond donors (Lipinski definition) is 2. The van der Waals surface area contributed by atoms with Crippen molar-refractivity contribution in [3.05, 3.63) is 99.8 Å². The Labute approximate surface area is 189 Å². The molecule has 0 bridgehead atoms. The summed E-state index contributed by atoms with van der Waals surface area (Å²) in [4.78, 5) is 24.1. The molecule has 0 spiro atoms. The zero-order valence-corrected chi connectivity index (χ0v) is 18.2. The molecule has 4 aromatic rings. The number of carbonyl (C=O) groups excluding carboxylic acids is 1. The predicted octanol–water partition coefficient (Wildman–Crippen LogP) is 5.36. The first-order valence-corrected chi connectivity index (χ1v) is 10.3. The smallest absolute Gasteiger partial charge is 0.337 e. The van der Waals surface area contributed by atoms with Crippen LogP contribution in [0.15, 0.2) is 71.8 Å². The normalized spacial score (nSPS) is 11.2. The van der Waals surface area contributed by atoms with Gasteiger partial charge in [0.25, 0.3) is 5.91 Å². The number of aryl methyl sites for hydroxylation is 1. The van der Waals surface area contributed by atoms with Crippen LogP contribution >= 0.6 is 11.6 Å². The minimum Gasteiger partial charge on any atom is -0.478 e. The highest BCUT2D eigenvalue weighted by Crippen LogP contribution is 2.24. The third-order valence-corrected chi connectivity index (χ3v) is 5.64. The number of aromatic carboxylic acids is 1. The molecule has 4 rings (SSSR count). The van der Waals surface area contributed by atoms with Gasteiger partial charge in [-0.15, -0.1) is 0 Å². The molecule has 0 saturated carbocycles. The highest BCUT2D eigenvalue weighted by atomic mass is 35.5. The number of hydrazone groups is 1. The summed E-state index contributed by atoms with van der Waals surface area (Å²) >= 11 is 6.00.